The van der Waals surface area contributed by atoms with E-state index in [4.69, 9.17) is 4.42 Å². The highest BCUT2D eigenvalue weighted by Crippen LogP contribution is 2.21. The predicted molar refractivity (Wildman–Crippen MR) is 52.9 cm³/mol. The van der Waals surface area contributed by atoms with Gasteiger partial charge in [-0.3, -0.25) is 4.98 Å². The first-order valence-corrected chi connectivity index (χ1v) is 4.48. The Kier molecular flexibility index (Phi) is 2.47. The van der Waals surface area contributed by atoms with Crippen molar-refractivity contribution in [3.05, 3.63) is 30.2 Å². The molecular weight excluding hydrogens is 180 g/mol. The minimum Gasteiger partial charge on any atom is -0.457 e. The summed E-state index contributed by atoms with van der Waals surface area (Å²) >= 11 is 0. The molecule has 0 amide bonds. The molecule has 0 radical (unpaired) electrons. The molecular formula is C10H12N2O2. The molecule has 74 valence electrons. The van der Waals surface area contributed by atoms with E-state index in [1.807, 2.05) is 6.07 Å². The van der Waals surface area contributed by atoms with Gasteiger partial charge in [0.1, 0.15) is 17.4 Å². The zero-order valence-corrected chi connectivity index (χ0v) is 7.90. The summed E-state index contributed by atoms with van der Waals surface area (Å²) in [5.41, 5.74) is 1.48. The van der Waals surface area contributed by atoms with Crippen LogP contribution in [0, 0.1) is 0 Å². The summed E-state index contributed by atoms with van der Waals surface area (Å²) < 4.78 is 5.43. The van der Waals surface area contributed by atoms with E-state index in [-0.39, 0.29) is 0 Å². The monoisotopic (exact) mass is 192 g/mol. The Morgan fingerprint density at radius 1 is 1.64 bits per heavy atom. The molecule has 0 aliphatic carbocycles. The maximum atomic E-state index is 9.64. The van der Waals surface area contributed by atoms with Gasteiger partial charge in [0.05, 0.1) is 0 Å². The lowest BCUT2D eigenvalue weighted by Gasteiger charge is -2.04. The first-order chi connectivity index (χ1) is 6.81. The second kappa shape index (κ2) is 3.77. The fraction of sp³-hybridized carbons (Fsp3) is 0.300. The van der Waals surface area contributed by atoms with Crippen molar-refractivity contribution in [1.82, 2.24) is 10.3 Å². The minimum atomic E-state index is -0.616. The smallest absolute Gasteiger partial charge is 0.152 e. The number of aromatic nitrogens is 1. The second-order valence-corrected chi connectivity index (χ2v) is 3.11. The van der Waals surface area contributed by atoms with Crippen molar-refractivity contribution in [2.24, 2.45) is 0 Å². The number of hydrogen-bond acceptors (Lipinski definition) is 4. The van der Waals surface area contributed by atoms with Gasteiger partial charge in [-0.1, -0.05) is 0 Å². The zero-order chi connectivity index (χ0) is 9.97. The molecule has 14 heavy (non-hydrogen) atoms. The molecule has 4 nitrogen and oxygen atoms in total. The molecule has 2 rings (SSSR count). The van der Waals surface area contributed by atoms with Crippen LogP contribution in [-0.2, 0) is 0 Å². The summed E-state index contributed by atoms with van der Waals surface area (Å²) in [5, 5.41) is 12.5. The van der Waals surface area contributed by atoms with E-state index in [1.54, 1.807) is 25.4 Å². The van der Waals surface area contributed by atoms with Crippen LogP contribution < -0.4 is 5.32 Å². The van der Waals surface area contributed by atoms with E-state index in [2.05, 4.69) is 10.3 Å². The quantitative estimate of drug-likeness (QED) is 0.764. The van der Waals surface area contributed by atoms with Gasteiger partial charge in [-0.05, 0) is 19.2 Å². The van der Waals surface area contributed by atoms with E-state index in [0.717, 1.165) is 5.52 Å². The molecule has 2 N–H and O–H groups in total. The highest BCUT2D eigenvalue weighted by Gasteiger charge is 2.12. The summed E-state index contributed by atoms with van der Waals surface area (Å²) in [5.74, 6) is 0.549. The molecule has 0 saturated heterocycles. The lowest BCUT2D eigenvalue weighted by Crippen LogP contribution is -2.15. The van der Waals surface area contributed by atoms with Crippen LogP contribution in [0.1, 0.15) is 11.9 Å². The number of aliphatic hydroxyl groups is 1. The molecule has 0 saturated carbocycles. The van der Waals surface area contributed by atoms with Gasteiger partial charge >= 0.3 is 0 Å². The number of likely N-dealkylation sites (N-methyl/N-ethyl adjacent to an activating group) is 1. The average Bonchev–Trinajstić information content (AvgIpc) is 2.61. The molecule has 0 aliphatic rings. The summed E-state index contributed by atoms with van der Waals surface area (Å²) in [6.45, 7) is 0.472. The molecule has 1 unspecified atom stereocenters. The third kappa shape index (κ3) is 1.62. The van der Waals surface area contributed by atoms with Gasteiger partial charge in [-0.2, -0.15) is 0 Å². The third-order valence-electron chi connectivity index (χ3n) is 2.03. The van der Waals surface area contributed by atoms with E-state index in [1.165, 1.54) is 0 Å². The number of nitrogens with one attached hydrogen (secondary N) is 1. The van der Waals surface area contributed by atoms with Crippen LogP contribution in [-0.4, -0.2) is 23.7 Å². The molecule has 0 aliphatic heterocycles. The topological polar surface area (TPSA) is 58.3 Å². The average molecular weight is 192 g/mol. The molecule has 0 bridgehead atoms. The zero-order valence-electron chi connectivity index (χ0n) is 7.90. The van der Waals surface area contributed by atoms with Gasteiger partial charge in [-0.15, -0.1) is 0 Å². The summed E-state index contributed by atoms with van der Waals surface area (Å²) in [7, 11) is 1.78. The number of nitrogens with zero attached hydrogens (tertiary/aromatic N) is 1. The van der Waals surface area contributed by atoms with Gasteiger partial charge in [0.25, 0.3) is 0 Å². The van der Waals surface area contributed by atoms with E-state index < -0.39 is 6.10 Å². The molecule has 0 spiro atoms. The van der Waals surface area contributed by atoms with Crippen LogP contribution in [0.3, 0.4) is 0 Å². The molecule has 0 aromatic carbocycles. The number of furan rings is 1. The maximum absolute atomic E-state index is 9.64. The van der Waals surface area contributed by atoms with E-state index in [0.29, 0.717) is 17.9 Å². The van der Waals surface area contributed by atoms with Gasteiger partial charge in [0.2, 0.25) is 0 Å². The molecule has 2 aromatic heterocycles. The first-order valence-electron chi connectivity index (χ1n) is 4.48. The summed E-state index contributed by atoms with van der Waals surface area (Å²) in [4.78, 5) is 4.12. The van der Waals surface area contributed by atoms with Crippen molar-refractivity contribution < 1.29 is 9.52 Å². The van der Waals surface area contributed by atoms with Crippen LogP contribution >= 0.6 is 0 Å². The summed E-state index contributed by atoms with van der Waals surface area (Å²) in [6.07, 6.45) is 1.08. The normalized spacial score (nSPS) is 13.3. The van der Waals surface area contributed by atoms with Crippen LogP contribution in [0.15, 0.2) is 28.8 Å². The molecule has 4 heteroatoms. The SMILES string of the molecule is CNCC(O)c1cc2ncccc2o1. The Morgan fingerprint density at radius 2 is 2.50 bits per heavy atom. The largest absolute Gasteiger partial charge is 0.457 e. The van der Waals surface area contributed by atoms with Crippen LogP contribution in [0.2, 0.25) is 0 Å². The van der Waals surface area contributed by atoms with E-state index >= 15 is 0 Å². The van der Waals surface area contributed by atoms with Gasteiger partial charge < -0.3 is 14.8 Å². The van der Waals surface area contributed by atoms with Gasteiger partial charge in [0, 0.05) is 18.8 Å². The predicted octanol–water partition coefficient (Wildman–Crippen LogP) is 1.08. The van der Waals surface area contributed by atoms with Crippen molar-refractivity contribution >= 4 is 11.1 Å². The van der Waals surface area contributed by atoms with Crippen molar-refractivity contribution in [1.29, 1.82) is 0 Å². The fourth-order valence-corrected chi connectivity index (χ4v) is 1.35. The lowest BCUT2D eigenvalue weighted by atomic mass is 10.2. The Balaban J connectivity index is 2.35. The Bertz CT molecular complexity index is 392. The van der Waals surface area contributed by atoms with Crippen molar-refractivity contribution in [2.45, 2.75) is 6.10 Å². The van der Waals surface area contributed by atoms with Crippen LogP contribution in [0.4, 0.5) is 0 Å². The number of aliphatic hydroxyl groups excluding tert-OH is 1. The van der Waals surface area contributed by atoms with Crippen molar-refractivity contribution in [3.8, 4) is 0 Å². The Labute approximate surface area is 81.6 Å². The molecule has 2 heterocycles. The highest BCUT2D eigenvalue weighted by atomic mass is 16.4. The lowest BCUT2D eigenvalue weighted by molar-refractivity contribution is 0.152. The van der Waals surface area contributed by atoms with Gasteiger partial charge in [-0.25, -0.2) is 0 Å². The first kappa shape index (κ1) is 9.18. The molecule has 1 atom stereocenters. The summed E-state index contributed by atoms with van der Waals surface area (Å²) in [6, 6.07) is 5.40. The molecule has 2 aromatic rings. The number of pyridine rings is 1. The van der Waals surface area contributed by atoms with Crippen LogP contribution in [0.5, 0.6) is 0 Å². The number of fused-ring (bicyclic) bond motifs is 1. The number of hydrogen-bond donors (Lipinski definition) is 2. The van der Waals surface area contributed by atoms with E-state index in [9.17, 15) is 5.11 Å². The minimum absolute atomic E-state index is 0.472. The second-order valence-electron chi connectivity index (χ2n) is 3.11. The molecule has 0 fully saturated rings. The highest BCUT2D eigenvalue weighted by molar-refractivity contribution is 5.72. The van der Waals surface area contributed by atoms with Crippen molar-refractivity contribution in [2.75, 3.05) is 13.6 Å². The third-order valence-corrected chi connectivity index (χ3v) is 2.03. The number of rotatable bonds is 3. The van der Waals surface area contributed by atoms with Crippen LogP contribution in [0.25, 0.3) is 11.1 Å². The van der Waals surface area contributed by atoms with Crippen molar-refractivity contribution in [3.63, 3.8) is 0 Å². The Hall–Kier alpha value is -1.39. The fourth-order valence-electron chi connectivity index (χ4n) is 1.35. The Morgan fingerprint density at radius 3 is 3.21 bits per heavy atom. The standard InChI is InChI=1S/C10H12N2O2/c1-11-6-8(13)10-5-7-9(14-10)3-2-4-12-7/h2-5,8,11,13H,6H2,1H3. The maximum Gasteiger partial charge on any atom is 0.152 e. The van der Waals surface area contributed by atoms with Gasteiger partial charge in [0.15, 0.2) is 5.58 Å².